The summed E-state index contributed by atoms with van der Waals surface area (Å²) in [5.74, 6) is 0.591. The van der Waals surface area contributed by atoms with Gasteiger partial charge in [0.25, 0.3) is 0 Å². The highest BCUT2D eigenvalue weighted by Gasteiger charge is 2.48. The molecule has 1 aromatic carbocycles. The van der Waals surface area contributed by atoms with E-state index in [9.17, 15) is 9.18 Å². The summed E-state index contributed by atoms with van der Waals surface area (Å²) in [7, 11) is 0. The lowest BCUT2D eigenvalue weighted by molar-refractivity contribution is 0.0175. The maximum atomic E-state index is 14.6. The van der Waals surface area contributed by atoms with Crippen molar-refractivity contribution in [1.29, 1.82) is 0 Å². The number of halogens is 2. The smallest absolute Gasteiger partial charge is 0.412 e. The van der Waals surface area contributed by atoms with Crippen molar-refractivity contribution in [2.45, 2.75) is 38.4 Å². The fourth-order valence-electron chi connectivity index (χ4n) is 3.14. The predicted octanol–water partition coefficient (Wildman–Crippen LogP) is 4.93. The van der Waals surface area contributed by atoms with E-state index in [4.69, 9.17) is 9.47 Å². The molecule has 0 aliphatic carbocycles. The molecule has 2 aliphatic rings. The summed E-state index contributed by atoms with van der Waals surface area (Å²) in [6.07, 6.45) is 2.16. The van der Waals surface area contributed by atoms with Gasteiger partial charge in [0.2, 0.25) is 0 Å². The molecule has 0 spiro atoms. The Morgan fingerprint density at radius 3 is 2.96 bits per heavy atom. The second-order valence-electron chi connectivity index (χ2n) is 7.20. The Kier molecular flexibility index (Phi) is 5.19. The molecule has 1 N–H and O–H groups in total. The molecule has 4 nitrogen and oxygen atoms in total. The van der Waals surface area contributed by atoms with Crippen LogP contribution in [0.25, 0.3) is 0 Å². The van der Waals surface area contributed by atoms with Crippen LogP contribution in [0.15, 0.2) is 33.8 Å². The van der Waals surface area contributed by atoms with Crippen LogP contribution in [0, 0.1) is 11.7 Å². The van der Waals surface area contributed by atoms with Crippen molar-refractivity contribution in [1.82, 2.24) is 5.32 Å². The highest BCUT2D eigenvalue weighted by Crippen LogP contribution is 2.49. The van der Waals surface area contributed by atoms with Gasteiger partial charge in [-0.25, -0.2) is 9.18 Å². The Hall–Kier alpha value is -1.05. The van der Waals surface area contributed by atoms with E-state index in [1.807, 2.05) is 26.8 Å². The van der Waals surface area contributed by atoms with Crippen molar-refractivity contribution in [3.8, 4) is 0 Å². The van der Waals surface area contributed by atoms with Crippen molar-refractivity contribution in [2.24, 2.45) is 5.92 Å². The van der Waals surface area contributed by atoms with Crippen molar-refractivity contribution < 1.29 is 18.7 Å². The second kappa shape index (κ2) is 6.93. The van der Waals surface area contributed by atoms with Crippen LogP contribution in [-0.4, -0.2) is 24.1 Å². The zero-order chi connectivity index (χ0) is 18.2. The molecule has 0 bridgehead atoms. The van der Waals surface area contributed by atoms with E-state index in [1.165, 1.54) is 17.8 Å². The Balaban J connectivity index is 1.93. The van der Waals surface area contributed by atoms with E-state index in [1.54, 1.807) is 12.1 Å². The minimum atomic E-state index is -0.858. The first-order chi connectivity index (χ1) is 11.7. The third-order valence-corrected chi connectivity index (χ3v) is 5.77. The van der Waals surface area contributed by atoms with Gasteiger partial charge < -0.3 is 9.47 Å². The molecular formula is C18H21BrFNO3S. The van der Waals surface area contributed by atoms with Crippen molar-refractivity contribution in [3.63, 3.8) is 0 Å². The highest BCUT2D eigenvalue weighted by atomic mass is 79.9. The number of hydrogen-bond acceptors (Lipinski definition) is 4. The number of hydrogen-bond donors (Lipinski definition) is 1. The van der Waals surface area contributed by atoms with Gasteiger partial charge in [-0.05, 0) is 51.5 Å². The topological polar surface area (TPSA) is 47.6 Å². The van der Waals surface area contributed by atoms with Gasteiger partial charge in [0.15, 0.2) is 0 Å². The van der Waals surface area contributed by atoms with Gasteiger partial charge in [-0.15, -0.1) is 11.8 Å². The number of thioether (sulfide) groups is 1. The SMILES string of the molecule is CC(C)(C)OC(=O)NC1=C[C@@]2(c3cc(Br)ccc3F)OCC[C@H]2CS1. The number of benzene rings is 1. The van der Waals surface area contributed by atoms with Crippen LogP contribution in [0.4, 0.5) is 9.18 Å². The molecule has 136 valence electrons. The Labute approximate surface area is 159 Å². The maximum Gasteiger partial charge on any atom is 0.412 e. The van der Waals surface area contributed by atoms with Crippen LogP contribution < -0.4 is 5.32 Å². The van der Waals surface area contributed by atoms with Gasteiger partial charge in [-0.2, -0.15) is 0 Å². The van der Waals surface area contributed by atoms with Crippen LogP contribution >= 0.6 is 27.7 Å². The second-order valence-corrected chi connectivity index (χ2v) is 9.18. The van der Waals surface area contributed by atoms with Gasteiger partial charge in [-0.1, -0.05) is 15.9 Å². The predicted molar refractivity (Wildman–Crippen MR) is 99.7 cm³/mol. The summed E-state index contributed by atoms with van der Waals surface area (Å²) in [5, 5.41) is 3.40. The average molecular weight is 430 g/mol. The quantitative estimate of drug-likeness (QED) is 0.723. The summed E-state index contributed by atoms with van der Waals surface area (Å²) in [5.41, 5.74) is -0.943. The van der Waals surface area contributed by atoms with E-state index >= 15 is 0 Å². The third kappa shape index (κ3) is 4.04. The largest absolute Gasteiger partial charge is 0.444 e. The molecule has 2 atom stereocenters. The zero-order valence-electron chi connectivity index (χ0n) is 14.4. The zero-order valence-corrected chi connectivity index (χ0v) is 16.8. The van der Waals surface area contributed by atoms with Gasteiger partial charge in [0, 0.05) is 28.3 Å². The number of carbonyl (C=O) groups excluding carboxylic acids is 1. The molecule has 25 heavy (non-hydrogen) atoms. The minimum Gasteiger partial charge on any atom is -0.444 e. The van der Waals surface area contributed by atoms with Crippen LogP contribution in [0.2, 0.25) is 0 Å². The lowest BCUT2D eigenvalue weighted by Gasteiger charge is -2.36. The van der Waals surface area contributed by atoms with E-state index in [0.717, 1.165) is 16.6 Å². The molecule has 7 heteroatoms. The fourth-order valence-corrected chi connectivity index (χ4v) is 4.71. The minimum absolute atomic E-state index is 0.158. The number of carbonyl (C=O) groups is 1. The number of fused-ring (bicyclic) bond motifs is 1. The molecule has 0 unspecified atom stereocenters. The average Bonchev–Trinajstić information content (AvgIpc) is 2.91. The Morgan fingerprint density at radius 1 is 1.48 bits per heavy atom. The van der Waals surface area contributed by atoms with Crippen LogP contribution in [-0.2, 0) is 15.1 Å². The summed E-state index contributed by atoms with van der Waals surface area (Å²) >= 11 is 4.94. The first kappa shape index (κ1) is 18.7. The molecular weight excluding hydrogens is 409 g/mol. The fraction of sp³-hybridized carbons (Fsp3) is 0.500. The molecule has 1 saturated heterocycles. The number of rotatable bonds is 2. The van der Waals surface area contributed by atoms with Gasteiger partial charge in [0.1, 0.15) is 17.0 Å². The molecule has 2 aliphatic heterocycles. The van der Waals surface area contributed by atoms with Crippen LogP contribution in [0.1, 0.15) is 32.8 Å². The van der Waals surface area contributed by atoms with Crippen molar-refractivity contribution in [2.75, 3.05) is 12.4 Å². The van der Waals surface area contributed by atoms with Gasteiger partial charge >= 0.3 is 6.09 Å². The molecule has 1 aromatic rings. The first-order valence-electron chi connectivity index (χ1n) is 8.15. The summed E-state index contributed by atoms with van der Waals surface area (Å²) in [6, 6.07) is 4.86. The number of alkyl carbamates (subject to hydrolysis) is 1. The molecule has 2 heterocycles. The lowest BCUT2D eigenvalue weighted by Crippen LogP contribution is -2.39. The molecule has 1 amide bonds. The number of nitrogens with one attached hydrogen (secondary N) is 1. The molecule has 0 saturated carbocycles. The summed E-state index contributed by atoms with van der Waals surface area (Å²) < 4.78 is 26.7. The summed E-state index contributed by atoms with van der Waals surface area (Å²) in [6.45, 7) is 5.99. The highest BCUT2D eigenvalue weighted by molar-refractivity contribution is 9.10. The Morgan fingerprint density at radius 2 is 2.24 bits per heavy atom. The van der Waals surface area contributed by atoms with E-state index in [2.05, 4.69) is 21.2 Å². The number of amides is 1. The first-order valence-corrected chi connectivity index (χ1v) is 9.93. The molecule has 0 radical (unpaired) electrons. The maximum absolute atomic E-state index is 14.6. The van der Waals surface area contributed by atoms with Gasteiger partial charge in [0.05, 0.1) is 5.03 Å². The third-order valence-electron chi connectivity index (χ3n) is 4.17. The van der Waals surface area contributed by atoms with Crippen molar-refractivity contribution >= 4 is 33.8 Å². The Bertz CT molecular complexity index is 719. The normalized spacial score (nSPS) is 26.0. The van der Waals surface area contributed by atoms with E-state index in [-0.39, 0.29) is 11.7 Å². The standard InChI is InChI=1S/C18H21BrFNO3S/c1-17(2,3)24-16(22)21-15-9-18(11(10-25-15)6-7-23-18)13-8-12(19)4-5-14(13)20/h4-5,8-9,11H,6-7,10H2,1-3H3,(H,21,22)/t11-,18+/m0/s1. The monoisotopic (exact) mass is 429 g/mol. The van der Waals surface area contributed by atoms with Gasteiger partial charge in [-0.3, -0.25) is 5.32 Å². The molecule has 0 aromatic heterocycles. The van der Waals surface area contributed by atoms with Crippen LogP contribution in [0.5, 0.6) is 0 Å². The lowest BCUT2D eigenvalue weighted by atomic mass is 9.81. The van der Waals surface area contributed by atoms with E-state index in [0.29, 0.717) is 17.2 Å². The molecule has 1 fully saturated rings. The van der Waals surface area contributed by atoms with E-state index < -0.39 is 17.3 Å². The summed E-state index contributed by atoms with van der Waals surface area (Å²) in [4.78, 5) is 12.1. The number of ether oxygens (including phenoxy) is 2. The molecule has 3 rings (SSSR count). The van der Waals surface area contributed by atoms with Crippen molar-refractivity contribution in [3.05, 3.63) is 45.2 Å². The van der Waals surface area contributed by atoms with Crippen LogP contribution in [0.3, 0.4) is 0 Å².